The first kappa shape index (κ1) is 18.3. The predicted molar refractivity (Wildman–Crippen MR) is 89.0 cm³/mol. The van der Waals surface area contributed by atoms with Crippen LogP contribution in [0, 0.1) is 5.92 Å². The monoisotopic (exact) mass is 294 g/mol. The van der Waals surface area contributed by atoms with Crippen molar-refractivity contribution >= 4 is 5.97 Å². The van der Waals surface area contributed by atoms with E-state index in [2.05, 4.69) is 13.5 Å². The molecule has 1 atom stereocenters. The molecule has 122 valence electrons. The predicted octanol–water partition coefficient (Wildman–Crippen LogP) is 6.15. The second-order valence-corrected chi connectivity index (χ2v) is 6.47. The van der Waals surface area contributed by atoms with E-state index in [0.29, 0.717) is 5.76 Å². The number of ether oxygens (including phenoxy) is 1. The van der Waals surface area contributed by atoms with Crippen molar-refractivity contribution in [2.45, 2.75) is 96.8 Å². The molecular formula is C19H34O2. The number of cyclic esters (lactones) is 1. The van der Waals surface area contributed by atoms with Gasteiger partial charge in [0.2, 0.25) is 0 Å². The Balaban J connectivity index is 1.73. The summed E-state index contributed by atoms with van der Waals surface area (Å²) in [5.41, 5.74) is 0. The summed E-state index contributed by atoms with van der Waals surface area (Å²) >= 11 is 0. The molecule has 0 saturated carbocycles. The molecule has 2 heteroatoms. The van der Waals surface area contributed by atoms with E-state index in [9.17, 15) is 4.79 Å². The van der Waals surface area contributed by atoms with E-state index in [1.165, 1.54) is 77.0 Å². The van der Waals surface area contributed by atoms with Crippen LogP contribution in [0.5, 0.6) is 0 Å². The van der Waals surface area contributed by atoms with Crippen LogP contribution >= 0.6 is 0 Å². The van der Waals surface area contributed by atoms with Gasteiger partial charge in [-0.2, -0.15) is 0 Å². The molecular weight excluding hydrogens is 260 g/mol. The average Bonchev–Trinajstić information content (AvgIpc) is 2.47. The minimum Gasteiger partial charge on any atom is -0.430 e. The third-order valence-corrected chi connectivity index (χ3v) is 4.50. The Kier molecular flexibility index (Phi) is 10.3. The summed E-state index contributed by atoms with van der Waals surface area (Å²) in [6, 6.07) is 0. The molecule has 1 unspecified atom stereocenters. The molecule has 0 amide bonds. The van der Waals surface area contributed by atoms with Gasteiger partial charge in [-0.1, -0.05) is 97.0 Å². The van der Waals surface area contributed by atoms with Crippen molar-refractivity contribution in [1.82, 2.24) is 0 Å². The highest BCUT2D eigenvalue weighted by Crippen LogP contribution is 2.29. The number of unbranched alkanes of at least 4 members (excludes halogenated alkanes) is 12. The lowest BCUT2D eigenvalue weighted by atomic mass is 9.95. The van der Waals surface area contributed by atoms with Crippen molar-refractivity contribution in [1.29, 1.82) is 0 Å². The molecule has 0 aliphatic carbocycles. The van der Waals surface area contributed by atoms with Gasteiger partial charge in [0.25, 0.3) is 0 Å². The van der Waals surface area contributed by atoms with Crippen LogP contribution in [0.2, 0.25) is 0 Å². The van der Waals surface area contributed by atoms with Crippen LogP contribution in [0.15, 0.2) is 12.3 Å². The van der Waals surface area contributed by atoms with Crippen LogP contribution in [-0.2, 0) is 9.53 Å². The molecule has 0 aromatic carbocycles. The molecule has 0 aromatic heterocycles. The van der Waals surface area contributed by atoms with Crippen LogP contribution in [0.4, 0.5) is 0 Å². The zero-order valence-electron chi connectivity index (χ0n) is 14.0. The van der Waals surface area contributed by atoms with E-state index < -0.39 is 0 Å². The van der Waals surface area contributed by atoms with Gasteiger partial charge in [0, 0.05) is 0 Å². The van der Waals surface area contributed by atoms with Crippen LogP contribution in [0.1, 0.15) is 96.8 Å². The Morgan fingerprint density at radius 1 is 0.810 bits per heavy atom. The standard InChI is InChI=1S/C19H34O2/c1-3-4-5-6-7-8-9-10-11-12-13-14-15-16-18-17(2)21-19(18)20/h18H,2-16H2,1H3. The minimum atomic E-state index is -0.0704. The summed E-state index contributed by atoms with van der Waals surface area (Å²) < 4.78 is 4.78. The zero-order chi connectivity index (χ0) is 15.3. The molecule has 0 aromatic rings. The molecule has 1 aliphatic heterocycles. The Labute approximate surface area is 131 Å². The number of hydrogen-bond donors (Lipinski definition) is 0. The van der Waals surface area contributed by atoms with E-state index in [1.807, 2.05) is 0 Å². The zero-order valence-corrected chi connectivity index (χ0v) is 14.0. The van der Waals surface area contributed by atoms with Gasteiger partial charge in [0.05, 0.1) is 0 Å². The fraction of sp³-hybridized carbons (Fsp3) is 0.842. The van der Waals surface area contributed by atoms with Gasteiger partial charge < -0.3 is 4.74 Å². The van der Waals surface area contributed by atoms with Crippen molar-refractivity contribution in [3.05, 3.63) is 12.3 Å². The fourth-order valence-corrected chi connectivity index (χ4v) is 2.99. The van der Waals surface area contributed by atoms with Gasteiger partial charge >= 0.3 is 5.97 Å². The Morgan fingerprint density at radius 2 is 1.24 bits per heavy atom. The van der Waals surface area contributed by atoms with Gasteiger partial charge in [-0.05, 0) is 6.42 Å². The van der Waals surface area contributed by atoms with Crippen molar-refractivity contribution in [3.63, 3.8) is 0 Å². The lowest BCUT2D eigenvalue weighted by molar-refractivity contribution is -0.157. The molecule has 1 heterocycles. The first-order valence-corrected chi connectivity index (χ1v) is 9.16. The maximum Gasteiger partial charge on any atom is 0.321 e. The van der Waals surface area contributed by atoms with Gasteiger partial charge in [-0.25, -0.2) is 0 Å². The Hall–Kier alpha value is -0.790. The van der Waals surface area contributed by atoms with E-state index >= 15 is 0 Å². The van der Waals surface area contributed by atoms with Gasteiger partial charge in [-0.15, -0.1) is 0 Å². The largest absolute Gasteiger partial charge is 0.430 e. The quantitative estimate of drug-likeness (QED) is 0.283. The molecule has 1 saturated heterocycles. The first-order valence-electron chi connectivity index (χ1n) is 9.16. The molecule has 0 radical (unpaired) electrons. The van der Waals surface area contributed by atoms with E-state index in [-0.39, 0.29) is 11.9 Å². The van der Waals surface area contributed by atoms with Gasteiger partial charge in [0.1, 0.15) is 11.7 Å². The van der Waals surface area contributed by atoms with Crippen LogP contribution < -0.4 is 0 Å². The number of esters is 1. The van der Waals surface area contributed by atoms with Crippen molar-refractivity contribution in [3.8, 4) is 0 Å². The van der Waals surface area contributed by atoms with Gasteiger partial charge in [-0.3, -0.25) is 4.79 Å². The summed E-state index contributed by atoms with van der Waals surface area (Å²) in [5, 5.41) is 0. The second-order valence-electron chi connectivity index (χ2n) is 6.47. The topological polar surface area (TPSA) is 26.3 Å². The SMILES string of the molecule is C=C1OC(=O)C1CCCCCCCCCCCCCCC. The van der Waals surface area contributed by atoms with E-state index in [1.54, 1.807) is 0 Å². The Bertz CT molecular complexity index is 282. The first-order chi connectivity index (χ1) is 10.3. The Morgan fingerprint density at radius 3 is 1.62 bits per heavy atom. The maximum atomic E-state index is 11.1. The molecule has 0 bridgehead atoms. The summed E-state index contributed by atoms with van der Waals surface area (Å²) in [6.07, 6.45) is 18.7. The summed E-state index contributed by atoms with van der Waals surface area (Å²) in [6.45, 7) is 6.00. The third-order valence-electron chi connectivity index (χ3n) is 4.50. The summed E-state index contributed by atoms with van der Waals surface area (Å²) in [5.74, 6) is 0.621. The van der Waals surface area contributed by atoms with Crippen LogP contribution in [0.3, 0.4) is 0 Å². The van der Waals surface area contributed by atoms with Crippen molar-refractivity contribution in [2.24, 2.45) is 5.92 Å². The van der Waals surface area contributed by atoms with Crippen LogP contribution in [0.25, 0.3) is 0 Å². The number of rotatable bonds is 14. The lowest BCUT2D eigenvalue weighted by Crippen LogP contribution is -2.31. The highest BCUT2D eigenvalue weighted by Gasteiger charge is 2.34. The molecule has 1 rings (SSSR count). The van der Waals surface area contributed by atoms with E-state index in [0.717, 1.165) is 12.8 Å². The molecule has 1 aliphatic rings. The third kappa shape index (κ3) is 8.28. The summed E-state index contributed by atoms with van der Waals surface area (Å²) in [7, 11) is 0. The smallest absolute Gasteiger partial charge is 0.321 e. The molecule has 0 N–H and O–H groups in total. The molecule has 2 nitrogen and oxygen atoms in total. The normalized spacial score (nSPS) is 17.7. The van der Waals surface area contributed by atoms with Crippen molar-refractivity contribution < 1.29 is 9.53 Å². The summed E-state index contributed by atoms with van der Waals surface area (Å²) in [4.78, 5) is 11.1. The highest BCUT2D eigenvalue weighted by atomic mass is 16.6. The highest BCUT2D eigenvalue weighted by molar-refractivity contribution is 5.82. The average molecular weight is 294 g/mol. The molecule has 1 fully saturated rings. The number of hydrogen-bond acceptors (Lipinski definition) is 2. The van der Waals surface area contributed by atoms with Gasteiger partial charge in [0.15, 0.2) is 0 Å². The second kappa shape index (κ2) is 11.8. The lowest BCUT2D eigenvalue weighted by Gasteiger charge is -2.26. The maximum absolute atomic E-state index is 11.1. The van der Waals surface area contributed by atoms with E-state index in [4.69, 9.17) is 4.74 Å². The number of carbonyl (C=O) groups excluding carboxylic acids is 1. The fourth-order valence-electron chi connectivity index (χ4n) is 2.99. The minimum absolute atomic E-state index is 0.0118. The van der Waals surface area contributed by atoms with Crippen LogP contribution in [-0.4, -0.2) is 5.97 Å². The molecule has 0 spiro atoms. The number of carbonyl (C=O) groups is 1. The molecule has 21 heavy (non-hydrogen) atoms. The van der Waals surface area contributed by atoms with Crippen molar-refractivity contribution in [2.75, 3.05) is 0 Å².